The van der Waals surface area contributed by atoms with Gasteiger partial charge in [-0.2, -0.15) is 0 Å². The molecule has 0 heterocycles. The van der Waals surface area contributed by atoms with Gasteiger partial charge in [0.25, 0.3) is 0 Å². The van der Waals surface area contributed by atoms with Crippen molar-refractivity contribution in [2.45, 2.75) is 25.5 Å². The molecular weight excluding hydrogens is 274 g/mol. The van der Waals surface area contributed by atoms with Gasteiger partial charge in [-0.25, -0.2) is 0 Å². The number of carbonyl (C=O) groups is 1. The van der Waals surface area contributed by atoms with Crippen LogP contribution in [0.15, 0.2) is 72.8 Å². The van der Waals surface area contributed by atoms with Gasteiger partial charge in [-0.15, -0.1) is 0 Å². The number of rotatable bonds is 7. The van der Waals surface area contributed by atoms with Crippen LogP contribution in [-0.4, -0.2) is 17.1 Å². The zero-order chi connectivity index (χ0) is 15.8. The lowest BCUT2D eigenvalue weighted by molar-refractivity contribution is -0.118. The van der Waals surface area contributed by atoms with Gasteiger partial charge in [0.15, 0.2) is 0 Å². The van der Waals surface area contributed by atoms with E-state index in [1.807, 2.05) is 60.7 Å². The Labute approximate surface area is 131 Å². The molecule has 0 spiro atoms. The van der Waals surface area contributed by atoms with Crippen molar-refractivity contribution in [1.29, 1.82) is 0 Å². The Morgan fingerprint density at radius 3 is 2.14 bits per heavy atom. The van der Waals surface area contributed by atoms with Crippen LogP contribution in [0.5, 0.6) is 0 Å². The molecule has 114 valence electrons. The van der Waals surface area contributed by atoms with Crippen LogP contribution in [0.2, 0.25) is 0 Å². The molecule has 0 saturated heterocycles. The summed E-state index contributed by atoms with van der Waals surface area (Å²) in [6.45, 7) is 4.15. The Kier molecular flexibility index (Phi) is 5.92. The van der Waals surface area contributed by atoms with Gasteiger partial charge in [0.2, 0.25) is 5.91 Å². The van der Waals surface area contributed by atoms with Gasteiger partial charge < -0.3 is 10.4 Å². The lowest BCUT2D eigenvalue weighted by Crippen LogP contribution is -2.29. The predicted molar refractivity (Wildman–Crippen MR) is 88.2 cm³/mol. The van der Waals surface area contributed by atoms with Crippen LogP contribution in [0.4, 0.5) is 0 Å². The first-order valence-electron chi connectivity index (χ1n) is 7.39. The average molecular weight is 295 g/mol. The lowest BCUT2D eigenvalue weighted by atomic mass is 10.0. The van der Waals surface area contributed by atoms with Crippen molar-refractivity contribution < 1.29 is 9.90 Å². The van der Waals surface area contributed by atoms with Crippen molar-refractivity contribution in [3.8, 4) is 0 Å². The van der Waals surface area contributed by atoms with E-state index >= 15 is 0 Å². The molecule has 2 aromatic carbocycles. The van der Waals surface area contributed by atoms with Crippen molar-refractivity contribution in [3.05, 3.63) is 83.9 Å². The van der Waals surface area contributed by atoms with Gasteiger partial charge in [-0.3, -0.25) is 4.79 Å². The highest BCUT2D eigenvalue weighted by Gasteiger charge is 2.16. The monoisotopic (exact) mass is 295 g/mol. The van der Waals surface area contributed by atoms with Crippen LogP contribution in [0.1, 0.15) is 17.5 Å². The molecule has 0 aliphatic rings. The van der Waals surface area contributed by atoms with Gasteiger partial charge >= 0.3 is 0 Å². The fourth-order valence-corrected chi connectivity index (χ4v) is 2.17. The van der Waals surface area contributed by atoms with Gasteiger partial charge in [0.05, 0.1) is 6.10 Å². The highest BCUT2D eigenvalue weighted by molar-refractivity contribution is 5.93. The minimum absolute atomic E-state index is 0.215. The van der Waals surface area contributed by atoms with Crippen LogP contribution in [0.25, 0.3) is 0 Å². The van der Waals surface area contributed by atoms with E-state index in [-0.39, 0.29) is 11.5 Å². The number of aliphatic hydroxyl groups is 1. The first kappa shape index (κ1) is 16.0. The van der Waals surface area contributed by atoms with E-state index < -0.39 is 6.10 Å². The molecule has 3 nitrogen and oxygen atoms in total. The van der Waals surface area contributed by atoms with Crippen molar-refractivity contribution in [2.24, 2.45) is 0 Å². The third-order valence-electron chi connectivity index (χ3n) is 3.54. The lowest BCUT2D eigenvalue weighted by Gasteiger charge is -2.14. The van der Waals surface area contributed by atoms with Gasteiger partial charge in [-0.05, 0) is 24.0 Å². The van der Waals surface area contributed by atoms with E-state index in [0.29, 0.717) is 19.4 Å². The topological polar surface area (TPSA) is 49.3 Å². The molecule has 0 aromatic heterocycles. The van der Waals surface area contributed by atoms with Crippen molar-refractivity contribution >= 4 is 5.91 Å². The summed E-state index contributed by atoms with van der Waals surface area (Å²) in [6, 6.07) is 19.5. The second kappa shape index (κ2) is 8.15. The molecule has 2 N–H and O–H groups in total. The van der Waals surface area contributed by atoms with E-state index in [0.717, 1.165) is 11.1 Å². The number of benzene rings is 2. The fourth-order valence-electron chi connectivity index (χ4n) is 2.17. The number of nitrogens with one attached hydrogen (secondary N) is 1. The number of hydrogen-bond acceptors (Lipinski definition) is 2. The van der Waals surface area contributed by atoms with Gasteiger partial charge in [0.1, 0.15) is 0 Å². The molecule has 22 heavy (non-hydrogen) atoms. The summed E-state index contributed by atoms with van der Waals surface area (Å²) in [4.78, 5) is 12.0. The fraction of sp³-hybridized carbons (Fsp3) is 0.211. The SMILES string of the molecule is C=C(C(=O)NCc1ccccc1)C(O)CCc1ccccc1. The summed E-state index contributed by atoms with van der Waals surface area (Å²) in [5, 5.41) is 12.9. The van der Waals surface area contributed by atoms with E-state index in [2.05, 4.69) is 11.9 Å². The van der Waals surface area contributed by atoms with Crippen molar-refractivity contribution in [3.63, 3.8) is 0 Å². The molecule has 2 rings (SSSR count). The first-order valence-corrected chi connectivity index (χ1v) is 7.39. The number of aryl methyl sites for hydroxylation is 1. The third kappa shape index (κ3) is 4.86. The molecule has 0 radical (unpaired) electrons. The highest BCUT2D eigenvalue weighted by atomic mass is 16.3. The van der Waals surface area contributed by atoms with E-state index in [9.17, 15) is 9.90 Å². The molecule has 1 unspecified atom stereocenters. The Morgan fingerprint density at radius 1 is 1.00 bits per heavy atom. The molecular formula is C19H21NO2. The second-order valence-electron chi connectivity index (χ2n) is 5.23. The minimum atomic E-state index is -0.823. The maximum atomic E-state index is 12.0. The number of aliphatic hydroxyl groups excluding tert-OH is 1. The predicted octanol–water partition coefficient (Wildman–Crippen LogP) is 2.85. The third-order valence-corrected chi connectivity index (χ3v) is 3.54. The van der Waals surface area contributed by atoms with Crippen LogP contribution in [-0.2, 0) is 17.8 Å². The Balaban J connectivity index is 1.78. The Hall–Kier alpha value is -2.39. The van der Waals surface area contributed by atoms with Crippen LogP contribution in [0, 0.1) is 0 Å². The van der Waals surface area contributed by atoms with Gasteiger partial charge in [-0.1, -0.05) is 67.2 Å². The standard InChI is InChI=1S/C19H21NO2/c1-15(18(21)13-12-16-8-4-2-5-9-16)19(22)20-14-17-10-6-3-7-11-17/h2-11,18,21H,1,12-14H2,(H,20,22). The molecule has 0 aliphatic carbocycles. The number of hydrogen-bond donors (Lipinski definition) is 2. The second-order valence-corrected chi connectivity index (χ2v) is 5.23. The molecule has 0 saturated carbocycles. The maximum Gasteiger partial charge on any atom is 0.249 e. The highest BCUT2D eigenvalue weighted by Crippen LogP contribution is 2.10. The van der Waals surface area contributed by atoms with Gasteiger partial charge in [0, 0.05) is 12.1 Å². The quantitative estimate of drug-likeness (QED) is 0.772. The summed E-state index contributed by atoms with van der Waals surface area (Å²) in [6.07, 6.45) is 0.380. The van der Waals surface area contributed by atoms with Crippen LogP contribution in [0.3, 0.4) is 0 Å². The minimum Gasteiger partial charge on any atom is -0.388 e. The number of carbonyl (C=O) groups excluding carboxylic acids is 1. The normalized spacial score (nSPS) is 11.7. The molecule has 0 aliphatic heterocycles. The summed E-state index contributed by atoms with van der Waals surface area (Å²) >= 11 is 0. The van der Waals surface area contributed by atoms with E-state index in [1.54, 1.807) is 0 Å². The zero-order valence-corrected chi connectivity index (χ0v) is 12.5. The van der Waals surface area contributed by atoms with Crippen LogP contribution < -0.4 is 5.32 Å². The molecule has 0 bridgehead atoms. The first-order chi connectivity index (χ1) is 10.7. The molecule has 3 heteroatoms. The van der Waals surface area contributed by atoms with Crippen LogP contribution >= 0.6 is 0 Å². The maximum absolute atomic E-state index is 12.0. The smallest absolute Gasteiger partial charge is 0.249 e. The largest absolute Gasteiger partial charge is 0.388 e. The Morgan fingerprint density at radius 2 is 1.55 bits per heavy atom. The van der Waals surface area contributed by atoms with E-state index in [1.165, 1.54) is 0 Å². The average Bonchev–Trinajstić information content (AvgIpc) is 2.58. The molecule has 2 aromatic rings. The summed E-state index contributed by atoms with van der Waals surface area (Å²) in [7, 11) is 0. The van der Waals surface area contributed by atoms with E-state index in [4.69, 9.17) is 0 Å². The number of amides is 1. The molecule has 1 atom stereocenters. The molecule has 0 fully saturated rings. The summed E-state index contributed by atoms with van der Waals surface area (Å²) < 4.78 is 0. The van der Waals surface area contributed by atoms with Crippen molar-refractivity contribution in [1.82, 2.24) is 5.32 Å². The summed E-state index contributed by atoms with van der Waals surface area (Å²) in [5.41, 5.74) is 2.37. The van der Waals surface area contributed by atoms with Crippen molar-refractivity contribution in [2.75, 3.05) is 0 Å². The Bertz CT molecular complexity index is 608. The summed E-state index contributed by atoms with van der Waals surface area (Å²) in [5.74, 6) is -0.301. The molecule has 1 amide bonds. The zero-order valence-electron chi connectivity index (χ0n) is 12.5.